The van der Waals surface area contributed by atoms with Crippen molar-refractivity contribution in [3.8, 4) is 0 Å². The van der Waals surface area contributed by atoms with E-state index in [2.05, 4.69) is 10.3 Å². The number of nitrogens with two attached hydrogens (primary N) is 1. The minimum Gasteiger partial charge on any atom is -0.383 e. The molecule has 0 bridgehead atoms. The van der Waals surface area contributed by atoms with Crippen LogP contribution in [0.5, 0.6) is 0 Å². The van der Waals surface area contributed by atoms with Gasteiger partial charge < -0.3 is 20.7 Å². The summed E-state index contributed by atoms with van der Waals surface area (Å²) in [4.78, 5) is 17.2. The number of nitrogens with one attached hydrogen (secondary N) is 1. The fraction of sp³-hybridized carbons (Fsp3) is 0.500. The maximum Gasteiger partial charge on any atom is 0.272 e. The second kappa shape index (κ2) is 7.62. The van der Waals surface area contributed by atoms with Gasteiger partial charge in [0.25, 0.3) is 5.91 Å². The van der Waals surface area contributed by atoms with Crippen LogP contribution in [0.15, 0.2) is 18.3 Å². The molecule has 1 aromatic heterocycles. The number of carbonyl (C=O) groups excluding carboxylic acids is 1. The molecule has 0 aliphatic heterocycles. The molecule has 0 saturated heterocycles. The number of pyridine rings is 1. The van der Waals surface area contributed by atoms with Crippen molar-refractivity contribution in [1.29, 1.82) is 0 Å². The third kappa shape index (κ3) is 4.68. The highest BCUT2D eigenvalue weighted by Gasteiger charge is 2.09. The van der Waals surface area contributed by atoms with E-state index in [1.807, 2.05) is 6.07 Å². The highest BCUT2D eigenvalue weighted by molar-refractivity contribution is 5.92. The Balaban J connectivity index is 2.47. The van der Waals surface area contributed by atoms with E-state index in [9.17, 15) is 4.79 Å². The lowest BCUT2D eigenvalue weighted by atomic mass is 10.3. The number of hydrogen-bond acceptors (Lipinski definition) is 5. The van der Waals surface area contributed by atoms with E-state index in [0.29, 0.717) is 32.0 Å². The Morgan fingerprint density at radius 3 is 2.94 bits per heavy atom. The minimum absolute atomic E-state index is 0.113. The van der Waals surface area contributed by atoms with Gasteiger partial charge in [0.05, 0.1) is 13.2 Å². The molecule has 0 radical (unpaired) electrons. The smallest absolute Gasteiger partial charge is 0.272 e. The molecule has 0 unspecified atom stereocenters. The van der Waals surface area contributed by atoms with Crippen molar-refractivity contribution < 1.29 is 9.53 Å². The molecule has 18 heavy (non-hydrogen) atoms. The second-order valence-electron chi connectivity index (χ2n) is 3.96. The number of aromatic nitrogens is 1. The summed E-state index contributed by atoms with van der Waals surface area (Å²) < 4.78 is 5.24. The topological polar surface area (TPSA) is 80.5 Å². The number of carbonyl (C=O) groups is 1. The van der Waals surface area contributed by atoms with Crippen LogP contribution in [0.3, 0.4) is 0 Å². The molecular formula is C12H20N4O2. The van der Waals surface area contributed by atoms with Gasteiger partial charge in [0.15, 0.2) is 0 Å². The zero-order valence-electron chi connectivity index (χ0n) is 10.8. The summed E-state index contributed by atoms with van der Waals surface area (Å²) in [5, 5.41) is 3.16. The Hall–Kier alpha value is -1.66. The van der Waals surface area contributed by atoms with Gasteiger partial charge in [-0.15, -0.1) is 0 Å². The maximum absolute atomic E-state index is 11.7. The fourth-order valence-electron chi connectivity index (χ4n) is 1.34. The van der Waals surface area contributed by atoms with Crippen LogP contribution >= 0.6 is 0 Å². The summed E-state index contributed by atoms with van der Waals surface area (Å²) in [6, 6.07) is 3.54. The standard InChI is InChI=1S/C12H20N4O2/c1-16(2)12(17)11-9-10(3-5-15-11)14-6-8-18-7-4-13/h3,5,9H,4,6-8,13H2,1-2H3,(H,14,15). The number of amides is 1. The van der Waals surface area contributed by atoms with Gasteiger partial charge in [-0.3, -0.25) is 9.78 Å². The number of ether oxygens (including phenoxy) is 1. The van der Waals surface area contributed by atoms with E-state index in [1.54, 1.807) is 26.4 Å². The Bertz CT molecular complexity index is 382. The van der Waals surface area contributed by atoms with Crippen LogP contribution in [0, 0.1) is 0 Å². The number of hydrogen-bond donors (Lipinski definition) is 2. The first-order valence-corrected chi connectivity index (χ1v) is 5.84. The van der Waals surface area contributed by atoms with Crippen LogP contribution in [0.4, 0.5) is 5.69 Å². The molecule has 0 aliphatic rings. The molecule has 0 spiro atoms. The third-order valence-electron chi connectivity index (χ3n) is 2.22. The first-order valence-electron chi connectivity index (χ1n) is 5.84. The lowest BCUT2D eigenvalue weighted by Gasteiger charge is -2.11. The van der Waals surface area contributed by atoms with Gasteiger partial charge in [-0.05, 0) is 12.1 Å². The van der Waals surface area contributed by atoms with Crippen molar-refractivity contribution in [3.05, 3.63) is 24.0 Å². The van der Waals surface area contributed by atoms with Crippen LogP contribution in [-0.4, -0.2) is 56.2 Å². The highest BCUT2D eigenvalue weighted by Crippen LogP contribution is 2.08. The highest BCUT2D eigenvalue weighted by atomic mass is 16.5. The summed E-state index contributed by atoms with van der Waals surface area (Å²) >= 11 is 0. The maximum atomic E-state index is 11.7. The van der Waals surface area contributed by atoms with E-state index in [4.69, 9.17) is 10.5 Å². The monoisotopic (exact) mass is 252 g/mol. The van der Waals surface area contributed by atoms with Gasteiger partial charge in [-0.2, -0.15) is 0 Å². The predicted octanol–water partition coefficient (Wildman–Crippen LogP) is 0.171. The largest absolute Gasteiger partial charge is 0.383 e. The van der Waals surface area contributed by atoms with Crippen molar-refractivity contribution in [2.45, 2.75) is 0 Å². The van der Waals surface area contributed by atoms with Crippen molar-refractivity contribution in [1.82, 2.24) is 9.88 Å². The Kier molecular flexibility index (Phi) is 6.10. The van der Waals surface area contributed by atoms with Crippen molar-refractivity contribution in [2.24, 2.45) is 5.73 Å². The zero-order valence-corrected chi connectivity index (χ0v) is 10.8. The molecule has 0 aromatic carbocycles. The Labute approximate surface area is 107 Å². The molecule has 0 aliphatic carbocycles. The summed E-state index contributed by atoms with van der Waals surface area (Å²) in [5.41, 5.74) is 6.58. The van der Waals surface area contributed by atoms with Crippen LogP contribution in [0.1, 0.15) is 10.5 Å². The van der Waals surface area contributed by atoms with E-state index in [0.717, 1.165) is 5.69 Å². The SMILES string of the molecule is CN(C)C(=O)c1cc(NCCOCCN)ccn1. The molecule has 1 amide bonds. The van der Waals surface area contributed by atoms with Gasteiger partial charge in [0.1, 0.15) is 5.69 Å². The van der Waals surface area contributed by atoms with Gasteiger partial charge in [-0.25, -0.2) is 0 Å². The molecule has 1 aromatic rings. The van der Waals surface area contributed by atoms with Crippen LogP contribution in [0.25, 0.3) is 0 Å². The van der Waals surface area contributed by atoms with Gasteiger partial charge in [0, 0.05) is 39.1 Å². The summed E-state index contributed by atoms with van der Waals surface area (Å²) in [6.07, 6.45) is 1.61. The van der Waals surface area contributed by atoms with Crippen molar-refractivity contribution in [3.63, 3.8) is 0 Å². The first-order chi connectivity index (χ1) is 8.65. The zero-order chi connectivity index (χ0) is 13.4. The summed E-state index contributed by atoms with van der Waals surface area (Å²) in [7, 11) is 3.40. The van der Waals surface area contributed by atoms with Gasteiger partial charge >= 0.3 is 0 Å². The molecule has 6 heteroatoms. The molecule has 0 fully saturated rings. The molecular weight excluding hydrogens is 232 g/mol. The average Bonchev–Trinajstić information content (AvgIpc) is 2.38. The van der Waals surface area contributed by atoms with Crippen LogP contribution in [0.2, 0.25) is 0 Å². The van der Waals surface area contributed by atoms with Gasteiger partial charge in [0.2, 0.25) is 0 Å². The quantitative estimate of drug-likeness (QED) is 0.676. The summed E-state index contributed by atoms with van der Waals surface area (Å²) in [5.74, 6) is -0.113. The van der Waals surface area contributed by atoms with Gasteiger partial charge in [-0.1, -0.05) is 0 Å². The Morgan fingerprint density at radius 1 is 1.50 bits per heavy atom. The van der Waals surface area contributed by atoms with E-state index in [1.165, 1.54) is 4.90 Å². The predicted molar refractivity (Wildman–Crippen MR) is 70.6 cm³/mol. The molecule has 6 nitrogen and oxygen atoms in total. The summed E-state index contributed by atoms with van der Waals surface area (Å²) in [6.45, 7) is 2.33. The lowest BCUT2D eigenvalue weighted by Crippen LogP contribution is -2.23. The number of nitrogens with zero attached hydrogens (tertiary/aromatic N) is 2. The van der Waals surface area contributed by atoms with Crippen molar-refractivity contribution in [2.75, 3.05) is 45.7 Å². The van der Waals surface area contributed by atoms with Crippen LogP contribution in [-0.2, 0) is 4.74 Å². The number of rotatable bonds is 7. The fourth-order valence-corrected chi connectivity index (χ4v) is 1.34. The normalized spacial score (nSPS) is 10.2. The van der Waals surface area contributed by atoms with Crippen LogP contribution < -0.4 is 11.1 Å². The van der Waals surface area contributed by atoms with E-state index in [-0.39, 0.29) is 5.91 Å². The molecule has 0 saturated carbocycles. The molecule has 100 valence electrons. The first kappa shape index (κ1) is 14.4. The third-order valence-corrected chi connectivity index (χ3v) is 2.22. The molecule has 1 rings (SSSR count). The van der Waals surface area contributed by atoms with E-state index < -0.39 is 0 Å². The molecule has 1 heterocycles. The lowest BCUT2D eigenvalue weighted by molar-refractivity contribution is 0.0822. The average molecular weight is 252 g/mol. The molecule has 3 N–H and O–H groups in total. The Morgan fingerprint density at radius 2 is 2.28 bits per heavy atom. The molecule has 0 atom stereocenters. The second-order valence-corrected chi connectivity index (χ2v) is 3.96. The van der Waals surface area contributed by atoms with Crippen molar-refractivity contribution >= 4 is 11.6 Å². The minimum atomic E-state index is -0.113. The van der Waals surface area contributed by atoms with E-state index >= 15 is 0 Å². The number of anilines is 1.